The van der Waals surface area contributed by atoms with Gasteiger partial charge in [0.1, 0.15) is 5.38 Å². The molecular formula is C11H10Cl2F3NO. The maximum atomic E-state index is 12.6. The zero-order chi connectivity index (χ0) is 13.9. The monoisotopic (exact) mass is 299 g/mol. The lowest BCUT2D eigenvalue weighted by Gasteiger charge is -2.16. The van der Waals surface area contributed by atoms with Crippen molar-refractivity contribution in [2.45, 2.75) is 23.9 Å². The van der Waals surface area contributed by atoms with Crippen LogP contribution >= 0.6 is 23.2 Å². The highest BCUT2D eigenvalue weighted by atomic mass is 35.5. The summed E-state index contributed by atoms with van der Waals surface area (Å²) in [5.41, 5.74) is -1.26. The number of carbonyl (C=O) groups excluding carboxylic acids is 1. The predicted molar refractivity (Wildman–Crippen MR) is 65.0 cm³/mol. The van der Waals surface area contributed by atoms with Crippen molar-refractivity contribution in [3.63, 3.8) is 0 Å². The highest BCUT2D eigenvalue weighted by Crippen LogP contribution is 2.34. The number of nitrogens with one attached hydrogen (secondary N) is 1. The molecule has 0 unspecified atom stereocenters. The van der Waals surface area contributed by atoms with E-state index in [1.807, 2.05) is 0 Å². The number of amides is 1. The first-order valence-corrected chi connectivity index (χ1v) is 5.86. The van der Waals surface area contributed by atoms with Crippen LogP contribution in [0.5, 0.6) is 0 Å². The Hall–Kier alpha value is -0.940. The molecule has 0 aliphatic carbocycles. The first-order valence-electron chi connectivity index (χ1n) is 4.98. The Morgan fingerprint density at radius 2 is 1.83 bits per heavy atom. The van der Waals surface area contributed by atoms with E-state index in [9.17, 15) is 18.0 Å². The number of para-hydroxylation sites is 1. The number of hydrogen-bond acceptors (Lipinski definition) is 1. The Morgan fingerprint density at radius 3 is 2.33 bits per heavy atom. The topological polar surface area (TPSA) is 29.1 Å². The molecule has 100 valence electrons. The van der Waals surface area contributed by atoms with E-state index in [0.29, 0.717) is 0 Å². The van der Waals surface area contributed by atoms with Crippen molar-refractivity contribution in [3.8, 4) is 0 Å². The first-order chi connectivity index (χ1) is 8.23. The van der Waals surface area contributed by atoms with Crippen molar-refractivity contribution in [1.29, 1.82) is 0 Å². The van der Waals surface area contributed by atoms with Gasteiger partial charge in [-0.05, 0) is 19.1 Å². The number of hydrogen-bond donors (Lipinski definition) is 1. The molecule has 0 spiro atoms. The molecule has 2 atom stereocenters. The van der Waals surface area contributed by atoms with E-state index in [1.165, 1.54) is 19.1 Å². The summed E-state index contributed by atoms with van der Waals surface area (Å²) in [6, 6.07) is 4.66. The molecule has 7 heteroatoms. The average molecular weight is 300 g/mol. The Bertz CT molecular complexity index is 435. The van der Waals surface area contributed by atoms with E-state index in [-0.39, 0.29) is 5.69 Å². The molecule has 0 aliphatic heterocycles. The molecule has 0 fully saturated rings. The number of benzene rings is 1. The van der Waals surface area contributed by atoms with Crippen molar-refractivity contribution < 1.29 is 18.0 Å². The number of rotatable bonds is 3. The highest BCUT2D eigenvalue weighted by molar-refractivity contribution is 6.38. The van der Waals surface area contributed by atoms with Gasteiger partial charge in [-0.1, -0.05) is 12.1 Å². The van der Waals surface area contributed by atoms with Crippen LogP contribution in [0.4, 0.5) is 18.9 Å². The maximum absolute atomic E-state index is 12.6. The van der Waals surface area contributed by atoms with Crippen LogP contribution in [0.1, 0.15) is 12.5 Å². The summed E-state index contributed by atoms with van der Waals surface area (Å²) in [4.78, 5) is 11.5. The zero-order valence-electron chi connectivity index (χ0n) is 9.26. The molecule has 0 heterocycles. The van der Waals surface area contributed by atoms with E-state index >= 15 is 0 Å². The fraction of sp³-hybridized carbons (Fsp3) is 0.364. The van der Waals surface area contributed by atoms with Crippen LogP contribution in [0.2, 0.25) is 0 Å². The summed E-state index contributed by atoms with van der Waals surface area (Å²) in [6.07, 6.45) is -4.54. The second-order valence-corrected chi connectivity index (χ2v) is 4.77. The molecule has 0 radical (unpaired) electrons. The molecule has 1 aromatic carbocycles. The predicted octanol–water partition coefficient (Wildman–Crippen LogP) is 3.88. The minimum Gasteiger partial charge on any atom is -0.324 e. The van der Waals surface area contributed by atoms with Crippen molar-refractivity contribution >= 4 is 34.8 Å². The van der Waals surface area contributed by atoms with E-state index in [2.05, 4.69) is 5.32 Å². The third kappa shape index (κ3) is 3.78. The normalized spacial score (nSPS) is 15.0. The van der Waals surface area contributed by atoms with Crippen LogP contribution in [0.3, 0.4) is 0 Å². The Labute approximate surface area is 112 Å². The van der Waals surface area contributed by atoms with Gasteiger partial charge < -0.3 is 5.32 Å². The van der Waals surface area contributed by atoms with Gasteiger partial charge in [-0.2, -0.15) is 13.2 Å². The van der Waals surface area contributed by atoms with Gasteiger partial charge in [0.05, 0.1) is 16.6 Å². The van der Waals surface area contributed by atoms with Gasteiger partial charge >= 0.3 is 6.18 Å². The van der Waals surface area contributed by atoms with Crippen molar-refractivity contribution in [3.05, 3.63) is 29.8 Å². The Kier molecular flexibility index (Phi) is 4.87. The standard InChI is InChI=1S/C11H10Cl2F3NO/c1-6(12)9(13)10(18)17-8-5-3-2-4-7(8)11(14,15)16/h2-6,9H,1H3,(H,17,18)/t6-,9+/m0/s1. The molecule has 0 aromatic heterocycles. The van der Waals surface area contributed by atoms with Gasteiger partial charge in [0.15, 0.2) is 0 Å². The third-order valence-corrected chi connectivity index (χ3v) is 3.10. The number of anilines is 1. The minimum absolute atomic E-state index is 0.335. The van der Waals surface area contributed by atoms with Crippen LogP contribution in [0.15, 0.2) is 24.3 Å². The van der Waals surface area contributed by atoms with Crippen LogP contribution in [-0.4, -0.2) is 16.7 Å². The van der Waals surface area contributed by atoms with E-state index in [4.69, 9.17) is 23.2 Å². The molecule has 0 saturated heterocycles. The lowest BCUT2D eigenvalue weighted by molar-refractivity contribution is -0.137. The van der Waals surface area contributed by atoms with Crippen LogP contribution in [-0.2, 0) is 11.0 Å². The van der Waals surface area contributed by atoms with Gasteiger partial charge in [0, 0.05) is 0 Å². The van der Waals surface area contributed by atoms with Crippen molar-refractivity contribution in [1.82, 2.24) is 0 Å². The molecule has 18 heavy (non-hydrogen) atoms. The summed E-state index contributed by atoms with van der Waals surface area (Å²) >= 11 is 11.3. The van der Waals surface area contributed by atoms with E-state index in [0.717, 1.165) is 12.1 Å². The first kappa shape index (κ1) is 15.1. The summed E-state index contributed by atoms with van der Waals surface area (Å²) in [5.74, 6) is -0.768. The second-order valence-electron chi connectivity index (χ2n) is 3.61. The molecular weight excluding hydrogens is 290 g/mol. The summed E-state index contributed by atoms with van der Waals surface area (Å²) in [7, 11) is 0. The van der Waals surface area contributed by atoms with Gasteiger partial charge in [-0.25, -0.2) is 0 Å². The Balaban J connectivity index is 2.95. The summed E-state index contributed by atoms with van der Waals surface area (Å²) in [6.45, 7) is 1.48. The molecule has 1 rings (SSSR count). The van der Waals surface area contributed by atoms with Crippen LogP contribution < -0.4 is 5.32 Å². The molecule has 0 saturated carbocycles. The lowest BCUT2D eigenvalue weighted by atomic mass is 10.1. The van der Waals surface area contributed by atoms with Crippen molar-refractivity contribution in [2.24, 2.45) is 0 Å². The largest absolute Gasteiger partial charge is 0.418 e. The quantitative estimate of drug-likeness (QED) is 0.843. The second kappa shape index (κ2) is 5.80. The number of alkyl halides is 5. The lowest BCUT2D eigenvalue weighted by Crippen LogP contribution is -2.30. The molecule has 0 bridgehead atoms. The minimum atomic E-state index is -4.54. The van der Waals surface area contributed by atoms with Gasteiger partial charge in [0.25, 0.3) is 0 Å². The highest BCUT2D eigenvalue weighted by Gasteiger charge is 2.34. The molecule has 1 amide bonds. The fourth-order valence-electron chi connectivity index (χ4n) is 1.25. The van der Waals surface area contributed by atoms with Gasteiger partial charge in [-0.15, -0.1) is 23.2 Å². The fourth-order valence-corrected chi connectivity index (χ4v) is 1.42. The zero-order valence-corrected chi connectivity index (χ0v) is 10.8. The van der Waals surface area contributed by atoms with Crippen LogP contribution in [0, 0.1) is 0 Å². The molecule has 0 aliphatic rings. The third-order valence-electron chi connectivity index (χ3n) is 2.14. The summed E-state index contributed by atoms with van der Waals surface area (Å²) < 4.78 is 37.9. The summed E-state index contributed by atoms with van der Waals surface area (Å²) in [5, 5.41) is 0.329. The molecule has 1 aromatic rings. The van der Waals surface area contributed by atoms with Crippen molar-refractivity contribution in [2.75, 3.05) is 5.32 Å². The SMILES string of the molecule is C[C@H](Cl)[C@@H](Cl)C(=O)Nc1ccccc1C(F)(F)F. The van der Waals surface area contributed by atoms with Gasteiger partial charge in [-0.3, -0.25) is 4.79 Å². The van der Waals surface area contributed by atoms with Gasteiger partial charge in [0.2, 0.25) is 5.91 Å². The average Bonchev–Trinajstić information content (AvgIpc) is 2.27. The van der Waals surface area contributed by atoms with E-state index < -0.39 is 28.4 Å². The van der Waals surface area contributed by atoms with E-state index in [1.54, 1.807) is 0 Å². The molecule has 1 N–H and O–H groups in total. The maximum Gasteiger partial charge on any atom is 0.418 e. The van der Waals surface area contributed by atoms with Crippen LogP contribution in [0.25, 0.3) is 0 Å². The Morgan fingerprint density at radius 1 is 1.28 bits per heavy atom. The number of carbonyl (C=O) groups is 1. The number of halogens is 5. The molecule has 2 nitrogen and oxygen atoms in total. The smallest absolute Gasteiger partial charge is 0.324 e.